The van der Waals surface area contributed by atoms with Crippen molar-refractivity contribution >= 4 is 24.2 Å². The molecule has 1 fully saturated rings. The molecule has 3 N–H and O–H groups in total. The molecule has 1 aromatic carbocycles. The lowest BCUT2D eigenvalue weighted by molar-refractivity contribution is -0.155. The van der Waals surface area contributed by atoms with E-state index in [1.807, 2.05) is 0 Å². The fraction of sp³-hybridized carbons (Fsp3) is 0.565. The number of carboxylic acids is 1. The van der Waals surface area contributed by atoms with Crippen LogP contribution in [0.15, 0.2) is 18.2 Å². The number of carbonyl (C=O) groups excluding carboxylic acids is 3. The van der Waals surface area contributed by atoms with Crippen LogP contribution in [0.4, 0.5) is 9.59 Å². The Morgan fingerprint density at radius 2 is 1.59 bits per heavy atom. The number of ether oxygens (including phenoxy) is 5. The van der Waals surface area contributed by atoms with Gasteiger partial charge >= 0.3 is 24.2 Å². The van der Waals surface area contributed by atoms with Crippen molar-refractivity contribution in [3.8, 4) is 11.5 Å². The van der Waals surface area contributed by atoms with Gasteiger partial charge in [0.25, 0.3) is 0 Å². The minimum absolute atomic E-state index is 0.0980. The van der Waals surface area contributed by atoms with Crippen molar-refractivity contribution in [1.82, 2.24) is 0 Å². The molecule has 0 amide bonds. The lowest BCUT2D eigenvalue weighted by Crippen LogP contribution is -2.38. The van der Waals surface area contributed by atoms with Crippen molar-refractivity contribution in [1.29, 1.82) is 0 Å². The molecule has 1 aromatic rings. The van der Waals surface area contributed by atoms with Gasteiger partial charge in [-0.1, -0.05) is 25.3 Å². The first-order chi connectivity index (χ1) is 16.2. The molecule has 0 heterocycles. The average molecular weight is 481 g/mol. The van der Waals surface area contributed by atoms with Crippen molar-refractivity contribution in [2.45, 2.75) is 63.5 Å². The zero-order valence-electron chi connectivity index (χ0n) is 19.5. The highest BCUT2D eigenvalue weighted by Crippen LogP contribution is 2.35. The number of methoxy groups -OCH3 is 2. The van der Waals surface area contributed by atoms with Gasteiger partial charge in [0.2, 0.25) is 0 Å². The number of carbonyl (C=O) groups is 4. The van der Waals surface area contributed by atoms with Crippen molar-refractivity contribution in [3.63, 3.8) is 0 Å². The predicted octanol–water partition coefficient (Wildman–Crippen LogP) is 3.37. The second-order valence-electron chi connectivity index (χ2n) is 8.11. The summed E-state index contributed by atoms with van der Waals surface area (Å²) < 4.78 is 24.6. The number of nitrogens with two attached hydrogens (primary N) is 1. The first kappa shape index (κ1) is 26.9. The molecular formula is C23H31NO10. The highest BCUT2D eigenvalue weighted by atomic mass is 16.7. The topological polar surface area (TPSA) is 161 Å². The van der Waals surface area contributed by atoms with E-state index < -0.39 is 36.3 Å². The Labute approximate surface area is 197 Å². The fourth-order valence-electron chi connectivity index (χ4n) is 3.88. The predicted molar refractivity (Wildman–Crippen MR) is 118 cm³/mol. The van der Waals surface area contributed by atoms with E-state index in [1.54, 1.807) is 6.92 Å². The molecule has 0 bridgehead atoms. The molecule has 0 aliphatic heterocycles. The van der Waals surface area contributed by atoms with E-state index in [0.29, 0.717) is 5.56 Å². The van der Waals surface area contributed by atoms with E-state index in [0.717, 1.165) is 46.3 Å². The van der Waals surface area contributed by atoms with Gasteiger partial charge in [-0.15, -0.1) is 0 Å². The second kappa shape index (κ2) is 12.8. The van der Waals surface area contributed by atoms with Crippen molar-refractivity contribution < 1.29 is 48.0 Å². The van der Waals surface area contributed by atoms with Gasteiger partial charge in [0.05, 0.1) is 26.2 Å². The van der Waals surface area contributed by atoms with Crippen LogP contribution in [-0.4, -0.2) is 55.7 Å². The summed E-state index contributed by atoms with van der Waals surface area (Å²) in [5.74, 6) is -2.89. The lowest BCUT2D eigenvalue weighted by atomic mass is 9.86. The van der Waals surface area contributed by atoms with E-state index in [2.05, 4.69) is 9.47 Å². The van der Waals surface area contributed by atoms with E-state index in [4.69, 9.17) is 19.9 Å². The molecule has 11 nitrogen and oxygen atoms in total. The van der Waals surface area contributed by atoms with Crippen LogP contribution in [0.1, 0.15) is 56.9 Å². The van der Waals surface area contributed by atoms with E-state index >= 15 is 0 Å². The van der Waals surface area contributed by atoms with Crippen molar-refractivity contribution in [2.75, 3.05) is 14.2 Å². The van der Waals surface area contributed by atoms with Crippen LogP contribution in [0.25, 0.3) is 0 Å². The summed E-state index contributed by atoms with van der Waals surface area (Å²) in [6.07, 6.45) is 1.94. The molecule has 2 rings (SSSR count). The van der Waals surface area contributed by atoms with Gasteiger partial charge in [0.1, 0.15) is 6.04 Å². The van der Waals surface area contributed by atoms with E-state index in [9.17, 15) is 24.3 Å². The fourth-order valence-corrected chi connectivity index (χ4v) is 3.88. The summed E-state index contributed by atoms with van der Waals surface area (Å²) in [4.78, 5) is 47.4. The summed E-state index contributed by atoms with van der Waals surface area (Å²) in [6.45, 7) is 1.67. The highest BCUT2D eigenvalue weighted by Gasteiger charge is 2.31. The number of esters is 1. The van der Waals surface area contributed by atoms with Crippen LogP contribution in [0.5, 0.6) is 11.5 Å². The molecule has 1 saturated carbocycles. The molecule has 188 valence electrons. The first-order valence-corrected chi connectivity index (χ1v) is 11.0. The number of hydrogen-bond donors (Lipinski definition) is 2. The Kier molecular flexibility index (Phi) is 10.1. The molecule has 0 radical (unpaired) electrons. The van der Waals surface area contributed by atoms with Crippen molar-refractivity contribution in [2.24, 2.45) is 11.7 Å². The molecule has 1 aliphatic rings. The first-order valence-electron chi connectivity index (χ1n) is 11.0. The SMILES string of the molecule is COC(=O)Oc1ccc(C(CC(C)OC(=O)C2CCCCC2)[C@H](N)C(=O)O)cc1OC(=O)OC. The molecular weight excluding hydrogens is 450 g/mol. The Morgan fingerprint density at radius 1 is 1.00 bits per heavy atom. The average Bonchev–Trinajstić information content (AvgIpc) is 2.83. The van der Waals surface area contributed by atoms with Crippen LogP contribution in [0.3, 0.4) is 0 Å². The van der Waals surface area contributed by atoms with Gasteiger partial charge in [-0.25, -0.2) is 9.59 Å². The van der Waals surface area contributed by atoms with Crippen LogP contribution in [0.2, 0.25) is 0 Å². The quantitative estimate of drug-likeness (QED) is 0.302. The summed E-state index contributed by atoms with van der Waals surface area (Å²) in [6, 6.07) is 2.75. The number of hydrogen-bond acceptors (Lipinski definition) is 10. The zero-order chi connectivity index (χ0) is 25.3. The standard InChI is InChI=1S/C23H31NO10/c1-13(32-21(27)14-7-5-4-6-8-14)11-16(19(24)20(25)26)15-9-10-17(33-22(28)30-2)18(12-15)34-23(29)31-3/h9-10,12-14,16,19H,4-8,11,24H2,1-3H3,(H,25,26)/t13?,16?,19-/m0/s1. The van der Waals surface area contributed by atoms with Crippen LogP contribution >= 0.6 is 0 Å². The van der Waals surface area contributed by atoms with E-state index in [1.165, 1.54) is 18.2 Å². The maximum Gasteiger partial charge on any atom is 0.513 e. The molecule has 0 aromatic heterocycles. The summed E-state index contributed by atoms with van der Waals surface area (Å²) in [7, 11) is 2.20. The summed E-state index contributed by atoms with van der Waals surface area (Å²) in [5, 5.41) is 9.55. The molecule has 34 heavy (non-hydrogen) atoms. The van der Waals surface area contributed by atoms with Crippen LogP contribution in [0, 0.1) is 5.92 Å². The minimum Gasteiger partial charge on any atom is -0.480 e. The third kappa shape index (κ3) is 7.62. The maximum absolute atomic E-state index is 12.5. The molecule has 1 aliphatic carbocycles. The molecule has 0 spiro atoms. The lowest BCUT2D eigenvalue weighted by Gasteiger charge is -2.27. The largest absolute Gasteiger partial charge is 0.513 e. The Morgan fingerprint density at radius 3 is 2.15 bits per heavy atom. The molecule has 11 heteroatoms. The highest BCUT2D eigenvalue weighted by molar-refractivity contribution is 5.75. The Balaban J connectivity index is 2.28. The van der Waals surface area contributed by atoms with Crippen LogP contribution in [-0.2, 0) is 23.8 Å². The van der Waals surface area contributed by atoms with Gasteiger partial charge in [0.15, 0.2) is 11.5 Å². The second-order valence-corrected chi connectivity index (χ2v) is 8.11. The van der Waals surface area contributed by atoms with Crippen LogP contribution < -0.4 is 15.2 Å². The summed E-state index contributed by atoms with van der Waals surface area (Å²) in [5.41, 5.74) is 6.32. The third-order valence-corrected chi connectivity index (χ3v) is 5.68. The molecule has 3 atom stereocenters. The van der Waals surface area contributed by atoms with Gasteiger partial charge in [-0.05, 0) is 43.9 Å². The number of carboxylic acid groups (broad SMARTS) is 1. The minimum atomic E-state index is -1.35. The third-order valence-electron chi connectivity index (χ3n) is 5.68. The number of benzene rings is 1. The normalized spacial score (nSPS) is 16.5. The number of rotatable bonds is 9. The monoisotopic (exact) mass is 481 g/mol. The van der Waals surface area contributed by atoms with Gasteiger partial charge in [-0.2, -0.15) is 0 Å². The van der Waals surface area contributed by atoms with Gasteiger partial charge in [-0.3, -0.25) is 9.59 Å². The Bertz CT molecular complexity index is 881. The zero-order valence-corrected chi connectivity index (χ0v) is 19.5. The smallest absolute Gasteiger partial charge is 0.480 e. The van der Waals surface area contributed by atoms with Crippen molar-refractivity contribution in [3.05, 3.63) is 23.8 Å². The number of aliphatic carboxylic acids is 1. The maximum atomic E-state index is 12.5. The van der Waals surface area contributed by atoms with Gasteiger partial charge in [0, 0.05) is 5.92 Å². The Hall–Kier alpha value is -3.34. The molecule has 0 saturated heterocycles. The molecule has 2 unspecified atom stereocenters. The van der Waals surface area contributed by atoms with E-state index in [-0.39, 0.29) is 29.8 Å². The summed E-state index contributed by atoms with van der Waals surface area (Å²) >= 11 is 0. The van der Waals surface area contributed by atoms with Gasteiger partial charge < -0.3 is 34.5 Å².